The topological polar surface area (TPSA) is 85.6 Å². The van der Waals surface area contributed by atoms with Gasteiger partial charge in [-0.2, -0.15) is 0 Å². The average molecular weight is 355 g/mol. The van der Waals surface area contributed by atoms with E-state index in [9.17, 15) is 14.4 Å². The van der Waals surface area contributed by atoms with Gasteiger partial charge in [0.05, 0.1) is 12.7 Å². The van der Waals surface area contributed by atoms with Crippen molar-refractivity contribution in [1.29, 1.82) is 0 Å². The summed E-state index contributed by atoms with van der Waals surface area (Å²) in [5, 5.41) is 2.56. The number of Topliss-reactive ketones (excluding diaryl/α,β-unsaturated/α-hetero) is 1. The highest BCUT2D eigenvalue weighted by molar-refractivity contribution is 6.00. The van der Waals surface area contributed by atoms with E-state index in [1.54, 1.807) is 19.1 Å². The van der Waals surface area contributed by atoms with Crippen LogP contribution in [0.25, 0.3) is 0 Å². The van der Waals surface area contributed by atoms with Crippen molar-refractivity contribution in [3.05, 3.63) is 59.0 Å². The number of rotatable bonds is 7. The quantitative estimate of drug-likeness (QED) is 0.610. The summed E-state index contributed by atoms with van der Waals surface area (Å²) in [7, 11) is 0. The molecule has 0 saturated heterocycles. The number of carbonyl (C=O) groups excluding carboxylic acids is 3. The number of nitrogens with one attached hydrogen (secondary N) is 1. The van der Waals surface area contributed by atoms with Crippen LogP contribution in [-0.2, 0) is 22.4 Å². The van der Waals surface area contributed by atoms with Gasteiger partial charge in [0.2, 0.25) is 5.78 Å². The molecule has 0 bridgehead atoms. The van der Waals surface area contributed by atoms with E-state index in [0.29, 0.717) is 5.56 Å². The lowest BCUT2D eigenvalue weighted by molar-refractivity contribution is -0.146. The van der Waals surface area contributed by atoms with Crippen LogP contribution in [0.1, 0.15) is 51.8 Å². The lowest BCUT2D eigenvalue weighted by Crippen LogP contribution is -2.29. The first-order valence-electron chi connectivity index (χ1n) is 8.72. The summed E-state index contributed by atoms with van der Waals surface area (Å²) in [6.07, 6.45) is 3.67. The van der Waals surface area contributed by atoms with Crippen molar-refractivity contribution in [2.75, 3.05) is 6.54 Å². The van der Waals surface area contributed by atoms with Gasteiger partial charge in [0.1, 0.15) is 0 Å². The Morgan fingerprint density at radius 2 is 2.00 bits per heavy atom. The van der Waals surface area contributed by atoms with E-state index in [0.717, 1.165) is 19.3 Å². The van der Waals surface area contributed by atoms with Crippen LogP contribution in [0.4, 0.5) is 0 Å². The predicted molar refractivity (Wildman–Crippen MR) is 94.0 cm³/mol. The number of amides is 1. The van der Waals surface area contributed by atoms with Crippen LogP contribution >= 0.6 is 0 Å². The number of furan rings is 1. The van der Waals surface area contributed by atoms with E-state index in [2.05, 4.69) is 5.32 Å². The second-order valence-electron chi connectivity index (χ2n) is 6.32. The van der Waals surface area contributed by atoms with Crippen molar-refractivity contribution in [2.24, 2.45) is 0 Å². The minimum Gasteiger partial charge on any atom is -0.459 e. The summed E-state index contributed by atoms with van der Waals surface area (Å²) < 4.78 is 10.2. The summed E-state index contributed by atoms with van der Waals surface area (Å²) in [5.74, 6) is -0.969. The lowest BCUT2D eigenvalue weighted by Gasteiger charge is -2.13. The molecule has 0 radical (unpaired) electrons. The van der Waals surface area contributed by atoms with E-state index < -0.39 is 18.0 Å². The monoisotopic (exact) mass is 355 g/mol. The zero-order chi connectivity index (χ0) is 18.5. The smallest absolute Gasteiger partial charge is 0.308 e. The Morgan fingerprint density at radius 3 is 2.77 bits per heavy atom. The normalized spacial score (nSPS) is 13.7. The fourth-order valence-electron chi connectivity index (χ4n) is 3.04. The molecule has 6 nitrogen and oxygen atoms in total. The van der Waals surface area contributed by atoms with E-state index >= 15 is 0 Å². The van der Waals surface area contributed by atoms with Crippen molar-refractivity contribution < 1.29 is 23.5 Å². The number of fused-ring (bicyclic) bond motifs is 1. The number of benzene rings is 1. The van der Waals surface area contributed by atoms with Gasteiger partial charge >= 0.3 is 5.97 Å². The number of esters is 1. The molecule has 3 rings (SSSR count). The first-order chi connectivity index (χ1) is 12.5. The molecule has 0 saturated carbocycles. The van der Waals surface area contributed by atoms with E-state index in [4.69, 9.17) is 9.15 Å². The van der Waals surface area contributed by atoms with Crippen LogP contribution in [0.5, 0.6) is 0 Å². The maximum Gasteiger partial charge on any atom is 0.308 e. The molecule has 1 aromatic carbocycles. The second-order valence-corrected chi connectivity index (χ2v) is 6.32. The highest BCUT2D eigenvalue weighted by Crippen LogP contribution is 2.23. The largest absolute Gasteiger partial charge is 0.459 e. The maximum atomic E-state index is 12.5. The Kier molecular flexibility index (Phi) is 5.51. The molecule has 1 aliphatic carbocycles. The van der Waals surface area contributed by atoms with Crippen LogP contribution in [0.3, 0.4) is 0 Å². The molecule has 1 aliphatic rings. The summed E-state index contributed by atoms with van der Waals surface area (Å²) in [4.78, 5) is 36.0. The van der Waals surface area contributed by atoms with Gasteiger partial charge < -0.3 is 14.5 Å². The highest BCUT2D eigenvalue weighted by Gasteiger charge is 2.21. The molecular weight excluding hydrogens is 334 g/mol. The molecule has 0 spiro atoms. The van der Waals surface area contributed by atoms with Crippen molar-refractivity contribution in [3.8, 4) is 0 Å². The molecule has 26 heavy (non-hydrogen) atoms. The van der Waals surface area contributed by atoms with Gasteiger partial charge in [-0.05, 0) is 55.5 Å². The summed E-state index contributed by atoms with van der Waals surface area (Å²) in [5.41, 5.74) is 3.06. The third kappa shape index (κ3) is 4.20. The van der Waals surface area contributed by atoms with Crippen molar-refractivity contribution in [2.45, 2.75) is 38.7 Å². The molecule has 136 valence electrons. The minimum absolute atomic E-state index is 0.0196. The summed E-state index contributed by atoms with van der Waals surface area (Å²) in [6.45, 7) is 1.67. The van der Waals surface area contributed by atoms with Gasteiger partial charge in [-0.3, -0.25) is 14.4 Å². The van der Waals surface area contributed by atoms with E-state index in [-0.39, 0.29) is 24.5 Å². The van der Waals surface area contributed by atoms with Gasteiger partial charge in [0, 0.05) is 12.1 Å². The molecule has 1 atom stereocenters. The lowest BCUT2D eigenvalue weighted by atomic mass is 10.0. The molecular formula is C20H21NO5. The Hall–Kier alpha value is -2.89. The first-order valence-corrected chi connectivity index (χ1v) is 8.72. The Morgan fingerprint density at radius 1 is 1.19 bits per heavy atom. The zero-order valence-electron chi connectivity index (χ0n) is 14.6. The number of carbonyl (C=O) groups is 3. The fourth-order valence-corrected chi connectivity index (χ4v) is 3.04. The Labute approximate surface area is 151 Å². The number of aryl methyl sites for hydroxylation is 2. The van der Waals surface area contributed by atoms with Crippen LogP contribution in [-0.4, -0.2) is 30.3 Å². The van der Waals surface area contributed by atoms with Gasteiger partial charge in [0.15, 0.2) is 11.9 Å². The molecule has 0 fully saturated rings. The van der Waals surface area contributed by atoms with E-state index in [1.165, 1.54) is 23.5 Å². The van der Waals surface area contributed by atoms with Crippen LogP contribution in [0.2, 0.25) is 0 Å². The first kappa shape index (κ1) is 17.9. The number of hydrogen-bond donors (Lipinski definition) is 1. The average Bonchev–Trinajstić information content (AvgIpc) is 3.31. The molecule has 0 unspecified atom stereocenters. The van der Waals surface area contributed by atoms with Crippen molar-refractivity contribution >= 4 is 17.7 Å². The van der Waals surface area contributed by atoms with Gasteiger partial charge in [-0.15, -0.1) is 0 Å². The maximum absolute atomic E-state index is 12.5. The van der Waals surface area contributed by atoms with Crippen molar-refractivity contribution in [1.82, 2.24) is 5.32 Å². The van der Waals surface area contributed by atoms with Crippen molar-refractivity contribution in [3.63, 3.8) is 0 Å². The SMILES string of the molecule is C[C@@H](OC(=O)CCNC(=O)c1ccco1)C(=O)c1ccc2c(c1)CCC2. The van der Waals surface area contributed by atoms with Crippen LogP contribution in [0.15, 0.2) is 41.0 Å². The molecule has 0 aliphatic heterocycles. The molecule has 1 N–H and O–H groups in total. The molecule has 1 aromatic heterocycles. The van der Waals surface area contributed by atoms with Crippen LogP contribution < -0.4 is 5.32 Å². The summed E-state index contributed by atoms with van der Waals surface area (Å²) in [6, 6.07) is 8.81. The third-order valence-corrected chi connectivity index (χ3v) is 4.42. The number of hydrogen-bond acceptors (Lipinski definition) is 5. The second kappa shape index (κ2) is 7.99. The molecule has 1 amide bonds. The zero-order valence-corrected chi connectivity index (χ0v) is 14.6. The highest BCUT2D eigenvalue weighted by atomic mass is 16.5. The van der Waals surface area contributed by atoms with Crippen LogP contribution in [0, 0.1) is 0 Å². The van der Waals surface area contributed by atoms with Gasteiger partial charge in [-0.1, -0.05) is 12.1 Å². The predicted octanol–water partition coefficient (Wildman–Crippen LogP) is 2.70. The number of ether oxygens (including phenoxy) is 1. The van der Waals surface area contributed by atoms with Gasteiger partial charge in [0.25, 0.3) is 5.91 Å². The Bertz CT molecular complexity index is 810. The molecule has 6 heteroatoms. The number of ketones is 1. The Balaban J connectivity index is 1.46. The third-order valence-electron chi connectivity index (χ3n) is 4.42. The van der Waals surface area contributed by atoms with Gasteiger partial charge in [-0.25, -0.2) is 0 Å². The summed E-state index contributed by atoms with van der Waals surface area (Å²) >= 11 is 0. The standard InChI is InChI=1S/C20H21NO5/c1-13(19(23)16-8-7-14-4-2-5-15(14)12-16)26-18(22)9-10-21-20(24)17-6-3-11-25-17/h3,6-8,11-13H,2,4-5,9-10H2,1H3,(H,21,24)/t13-/m1/s1. The fraction of sp³-hybridized carbons (Fsp3) is 0.350. The minimum atomic E-state index is -0.859. The molecule has 1 heterocycles. The van der Waals surface area contributed by atoms with E-state index in [1.807, 2.05) is 12.1 Å². The molecule has 2 aromatic rings.